The Morgan fingerprint density at radius 3 is 2.80 bits per heavy atom. The summed E-state index contributed by atoms with van der Waals surface area (Å²) in [5.41, 5.74) is 1.28. The van der Waals surface area contributed by atoms with E-state index < -0.39 is 0 Å². The summed E-state index contributed by atoms with van der Waals surface area (Å²) in [6.07, 6.45) is 2.64. The number of hydrogen-bond acceptors (Lipinski definition) is 4. The van der Waals surface area contributed by atoms with E-state index in [2.05, 4.69) is 22.3 Å². The number of ether oxygens (including phenoxy) is 2. The predicted octanol–water partition coefficient (Wildman–Crippen LogP) is 1.90. The summed E-state index contributed by atoms with van der Waals surface area (Å²) >= 11 is 0. The largest absolute Gasteiger partial charge is 0.491 e. The van der Waals surface area contributed by atoms with Crippen LogP contribution in [0.5, 0.6) is 5.75 Å². The molecule has 0 bridgehead atoms. The second-order valence-electron chi connectivity index (χ2n) is 5.57. The third kappa shape index (κ3) is 6.37. The van der Waals surface area contributed by atoms with E-state index in [4.69, 9.17) is 9.47 Å². The first-order valence-corrected chi connectivity index (χ1v) is 7.41. The Bertz CT molecular complexity index is 392. The normalized spacial score (nSPS) is 14.8. The van der Waals surface area contributed by atoms with Crippen LogP contribution in [-0.2, 0) is 11.3 Å². The molecule has 1 aliphatic carbocycles. The van der Waals surface area contributed by atoms with Gasteiger partial charge in [-0.15, -0.1) is 0 Å². The van der Waals surface area contributed by atoms with Gasteiger partial charge in [0.1, 0.15) is 12.4 Å². The first kappa shape index (κ1) is 15.3. The molecule has 1 saturated carbocycles. The predicted molar refractivity (Wildman–Crippen MR) is 81.2 cm³/mol. The van der Waals surface area contributed by atoms with Gasteiger partial charge in [-0.25, -0.2) is 0 Å². The lowest BCUT2D eigenvalue weighted by Gasteiger charge is -2.11. The topological polar surface area (TPSA) is 33.7 Å². The van der Waals surface area contributed by atoms with E-state index in [-0.39, 0.29) is 0 Å². The van der Waals surface area contributed by atoms with Crippen LogP contribution in [0.15, 0.2) is 24.3 Å². The molecule has 4 heteroatoms. The Hall–Kier alpha value is -1.10. The molecule has 1 aromatic carbocycles. The second-order valence-corrected chi connectivity index (χ2v) is 5.57. The van der Waals surface area contributed by atoms with Crippen LogP contribution in [-0.4, -0.2) is 51.4 Å². The molecule has 0 spiro atoms. The molecule has 0 amide bonds. The summed E-state index contributed by atoms with van der Waals surface area (Å²) < 4.78 is 11.2. The minimum atomic E-state index is 0.604. The van der Waals surface area contributed by atoms with Crippen molar-refractivity contribution in [3.8, 4) is 5.75 Å². The quantitative estimate of drug-likeness (QED) is 0.663. The highest BCUT2D eigenvalue weighted by Crippen LogP contribution is 2.20. The van der Waals surface area contributed by atoms with Crippen molar-refractivity contribution in [3.63, 3.8) is 0 Å². The van der Waals surface area contributed by atoms with Crippen LogP contribution in [0.3, 0.4) is 0 Å². The average Bonchev–Trinajstić information content (AvgIpc) is 3.25. The molecule has 0 aromatic heterocycles. The zero-order valence-electron chi connectivity index (χ0n) is 12.6. The van der Waals surface area contributed by atoms with Crippen molar-refractivity contribution in [1.82, 2.24) is 10.2 Å². The van der Waals surface area contributed by atoms with Crippen molar-refractivity contribution in [2.75, 3.05) is 40.5 Å². The van der Waals surface area contributed by atoms with E-state index in [0.717, 1.165) is 31.5 Å². The molecule has 0 unspecified atom stereocenters. The fourth-order valence-corrected chi connectivity index (χ4v) is 1.86. The first-order chi connectivity index (χ1) is 9.74. The maximum Gasteiger partial charge on any atom is 0.119 e. The second kappa shape index (κ2) is 8.25. The first-order valence-electron chi connectivity index (χ1n) is 7.41. The third-order valence-electron chi connectivity index (χ3n) is 3.25. The van der Waals surface area contributed by atoms with Crippen molar-refractivity contribution in [2.24, 2.45) is 0 Å². The third-order valence-corrected chi connectivity index (χ3v) is 3.25. The van der Waals surface area contributed by atoms with Crippen molar-refractivity contribution in [2.45, 2.75) is 25.4 Å². The SMILES string of the molecule is CN(C)CCOCCOc1cccc(CNC2CC2)c1. The van der Waals surface area contributed by atoms with Crippen LogP contribution in [0.25, 0.3) is 0 Å². The highest BCUT2D eigenvalue weighted by atomic mass is 16.5. The molecule has 0 radical (unpaired) electrons. The lowest BCUT2D eigenvalue weighted by molar-refractivity contribution is 0.0889. The lowest BCUT2D eigenvalue weighted by atomic mass is 10.2. The summed E-state index contributed by atoms with van der Waals surface area (Å²) in [7, 11) is 4.09. The van der Waals surface area contributed by atoms with Gasteiger partial charge in [-0.05, 0) is 44.6 Å². The minimum Gasteiger partial charge on any atom is -0.491 e. The van der Waals surface area contributed by atoms with Crippen molar-refractivity contribution < 1.29 is 9.47 Å². The van der Waals surface area contributed by atoms with E-state index in [9.17, 15) is 0 Å². The van der Waals surface area contributed by atoms with Gasteiger partial charge in [0.05, 0.1) is 13.2 Å². The standard InChI is InChI=1S/C16H26N2O2/c1-18(2)8-9-19-10-11-20-16-5-3-4-14(12-16)13-17-15-6-7-15/h3-5,12,15,17H,6-11,13H2,1-2H3. The van der Waals surface area contributed by atoms with Gasteiger partial charge < -0.3 is 19.7 Å². The zero-order valence-corrected chi connectivity index (χ0v) is 12.6. The van der Waals surface area contributed by atoms with Gasteiger partial charge >= 0.3 is 0 Å². The van der Waals surface area contributed by atoms with Gasteiger partial charge in [-0.1, -0.05) is 12.1 Å². The summed E-state index contributed by atoms with van der Waals surface area (Å²) in [6, 6.07) is 9.03. The van der Waals surface area contributed by atoms with Crippen LogP contribution in [0.4, 0.5) is 0 Å². The van der Waals surface area contributed by atoms with Crippen LogP contribution < -0.4 is 10.1 Å². The molecule has 0 aliphatic heterocycles. The lowest BCUT2D eigenvalue weighted by Crippen LogP contribution is -2.19. The molecule has 0 heterocycles. The van der Waals surface area contributed by atoms with Gasteiger partial charge in [0.25, 0.3) is 0 Å². The summed E-state index contributed by atoms with van der Waals surface area (Å²) in [4.78, 5) is 2.11. The fourth-order valence-electron chi connectivity index (χ4n) is 1.86. The number of nitrogens with one attached hydrogen (secondary N) is 1. The number of hydrogen-bond donors (Lipinski definition) is 1. The van der Waals surface area contributed by atoms with Gasteiger partial charge in [0, 0.05) is 19.1 Å². The Kier molecular flexibility index (Phi) is 6.30. The van der Waals surface area contributed by atoms with Crippen LogP contribution in [0, 0.1) is 0 Å². The van der Waals surface area contributed by atoms with Crippen LogP contribution in [0.2, 0.25) is 0 Å². The van der Waals surface area contributed by atoms with E-state index >= 15 is 0 Å². The van der Waals surface area contributed by atoms with Crippen molar-refractivity contribution in [1.29, 1.82) is 0 Å². The smallest absolute Gasteiger partial charge is 0.119 e. The van der Waals surface area contributed by atoms with Crippen LogP contribution >= 0.6 is 0 Å². The van der Waals surface area contributed by atoms with E-state index in [1.165, 1.54) is 18.4 Å². The van der Waals surface area contributed by atoms with E-state index in [0.29, 0.717) is 13.2 Å². The van der Waals surface area contributed by atoms with E-state index in [1.807, 2.05) is 26.2 Å². The van der Waals surface area contributed by atoms with Gasteiger partial charge in [-0.2, -0.15) is 0 Å². The Morgan fingerprint density at radius 2 is 2.05 bits per heavy atom. The average molecular weight is 278 g/mol. The molecular weight excluding hydrogens is 252 g/mol. The van der Waals surface area contributed by atoms with Gasteiger partial charge in [0.15, 0.2) is 0 Å². The maximum atomic E-state index is 5.71. The molecular formula is C16H26N2O2. The van der Waals surface area contributed by atoms with Gasteiger partial charge in [-0.3, -0.25) is 0 Å². The van der Waals surface area contributed by atoms with Crippen molar-refractivity contribution in [3.05, 3.63) is 29.8 Å². The fraction of sp³-hybridized carbons (Fsp3) is 0.625. The van der Waals surface area contributed by atoms with Gasteiger partial charge in [0.2, 0.25) is 0 Å². The summed E-state index contributed by atoms with van der Waals surface area (Å²) in [5.74, 6) is 0.927. The van der Waals surface area contributed by atoms with Crippen LogP contribution in [0.1, 0.15) is 18.4 Å². The molecule has 4 nitrogen and oxygen atoms in total. The number of likely N-dealkylation sites (N-methyl/N-ethyl adjacent to an activating group) is 1. The molecule has 112 valence electrons. The molecule has 0 atom stereocenters. The Balaban J connectivity index is 1.60. The number of nitrogens with zero attached hydrogens (tertiary/aromatic N) is 1. The molecule has 0 saturated heterocycles. The number of benzene rings is 1. The molecule has 20 heavy (non-hydrogen) atoms. The minimum absolute atomic E-state index is 0.604. The Labute approximate surface area is 122 Å². The number of rotatable bonds is 10. The maximum absolute atomic E-state index is 5.71. The summed E-state index contributed by atoms with van der Waals surface area (Å²) in [6.45, 7) is 3.87. The molecule has 1 N–H and O–H groups in total. The highest BCUT2D eigenvalue weighted by molar-refractivity contribution is 5.28. The Morgan fingerprint density at radius 1 is 1.20 bits per heavy atom. The van der Waals surface area contributed by atoms with Crippen molar-refractivity contribution >= 4 is 0 Å². The molecule has 1 fully saturated rings. The van der Waals surface area contributed by atoms with E-state index in [1.54, 1.807) is 0 Å². The molecule has 1 aromatic rings. The zero-order chi connectivity index (χ0) is 14.2. The molecule has 1 aliphatic rings. The molecule has 2 rings (SSSR count). The summed E-state index contributed by atoms with van der Waals surface area (Å²) in [5, 5.41) is 3.51. The monoisotopic (exact) mass is 278 g/mol. The highest BCUT2D eigenvalue weighted by Gasteiger charge is 2.19.